The van der Waals surface area contributed by atoms with E-state index in [-0.39, 0.29) is 0 Å². The third-order valence-corrected chi connectivity index (χ3v) is 5.18. The quantitative estimate of drug-likeness (QED) is 0.791. The molecule has 1 aliphatic rings. The number of hydrogen-bond acceptors (Lipinski definition) is 3. The molecule has 1 aliphatic carbocycles. The van der Waals surface area contributed by atoms with E-state index in [9.17, 15) is 0 Å². The van der Waals surface area contributed by atoms with Gasteiger partial charge in [0.15, 0.2) is 0 Å². The minimum atomic E-state index is 0.739. The number of rotatable bonds is 6. The monoisotopic (exact) mass is 363 g/mol. The molecule has 0 saturated heterocycles. The van der Waals surface area contributed by atoms with Crippen molar-refractivity contribution in [3.05, 3.63) is 52.5 Å². The van der Waals surface area contributed by atoms with Gasteiger partial charge in [0.25, 0.3) is 0 Å². The van der Waals surface area contributed by atoms with Crippen LogP contribution in [0.1, 0.15) is 18.4 Å². The molecule has 21 heavy (non-hydrogen) atoms. The van der Waals surface area contributed by atoms with Crippen molar-refractivity contribution in [2.75, 3.05) is 7.11 Å². The first-order valence-corrected chi connectivity index (χ1v) is 8.69. The van der Waals surface area contributed by atoms with Crippen LogP contribution >= 0.6 is 27.7 Å². The van der Waals surface area contributed by atoms with Crippen LogP contribution in [0.5, 0.6) is 5.75 Å². The van der Waals surface area contributed by atoms with Crippen molar-refractivity contribution in [1.82, 2.24) is 5.32 Å². The van der Waals surface area contributed by atoms with Gasteiger partial charge in [-0.3, -0.25) is 0 Å². The summed E-state index contributed by atoms with van der Waals surface area (Å²) >= 11 is 5.43. The van der Waals surface area contributed by atoms with Crippen molar-refractivity contribution in [2.45, 2.75) is 35.2 Å². The Morgan fingerprint density at radius 2 is 2.00 bits per heavy atom. The summed E-state index contributed by atoms with van der Waals surface area (Å²) in [5.74, 6) is 0.893. The van der Waals surface area contributed by atoms with Gasteiger partial charge >= 0.3 is 0 Å². The van der Waals surface area contributed by atoms with E-state index < -0.39 is 0 Å². The summed E-state index contributed by atoms with van der Waals surface area (Å²) in [5, 5.41) is 3.54. The second-order valence-corrected chi connectivity index (χ2v) is 7.19. The van der Waals surface area contributed by atoms with Crippen LogP contribution < -0.4 is 10.1 Å². The average Bonchev–Trinajstić information content (AvgIpc) is 3.31. The number of hydrogen-bond donors (Lipinski definition) is 1. The fourth-order valence-corrected chi connectivity index (χ4v) is 3.65. The molecule has 1 fully saturated rings. The lowest BCUT2D eigenvalue weighted by molar-refractivity contribution is 0.413. The highest BCUT2D eigenvalue weighted by Crippen LogP contribution is 2.33. The van der Waals surface area contributed by atoms with Gasteiger partial charge in [-0.15, -0.1) is 0 Å². The molecule has 0 spiro atoms. The molecular weight excluding hydrogens is 346 g/mol. The Hall–Kier alpha value is -0.970. The third-order valence-electron chi connectivity index (χ3n) is 3.46. The van der Waals surface area contributed by atoms with Crippen LogP contribution in [-0.2, 0) is 6.54 Å². The molecule has 110 valence electrons. The van der Waals surface area contributed by atoms with Crippen molar-refractivity contribution >= 4 is 27.7 Å². The van der Waals surface area contributed by atoms with E-state index >= 15 is 0 Å². The molecular formula is C17H18BrNOS. The Labute approximate surface area is 138 Å². The molecule has 4 heteroatoms. The Balaban J connectivity index is 1.68. The second-order valence-electron chi connectivity index (χ2n) is 5.19. The number of benzene rings is 2. The van der Waals surface area contributed by atoms with Gasteiger partial charge in [-0.1, -0.05) is 39.8 Å². The molecule has 1 N–H and O–H groups in total. The van der Waals surface area contributed by atoms with Gasteiger partial charge in [0, 0.05) is 26.9 Å². The van der Waals surface area contributed by atoms with E-state index in [1.165, 1.54) is 32.7 Å². The smallest absolute Gasteiger partial charge is 0.119 e. The summed E-state index contributed by atoms with van der Waals surface area (Å²) in [6.07, 6.45) is 2.64. The standard InChI is InChI=1S/C17H18BrNOS/c1-20-14-3-2-4-15(9-14)21-16-8-5-12(17(18)10-16)11-19-13-6-7-13/h2-5,8-10,13,19H,6-7,11H2,1H3. The Kier molecular flexibility index (Phi) is 4.88. The first-order valence-electron chi connectivity index (χ1n) is 7.08. The second kappa shape index (κ2) is 6.86. The van der Waals surface area contributed by atoms with Crippen molar-refractivity contribution in [3.63, 3.8) is 0 Å². The highest BCUT2D eigenvalue weighted by Gasteiger charge is 2.20. The number of nitrogens with one attached hydrogen (secondary N) is 1. The van der Waals surface area contributed by atoms with Crippen LogP contribution in [0.4, 0.5) is 0 Å². The molecule has 2 aromatic rings. The van der Waals surface area contributed by atoms with Crippen molar-refractivity contribution in [1.29, 1.82) is 0 Å². The maximum atomic E-state index is 5.26. The third kappa shape index (κ3) is 4.25. The Morgan fingerprint density at radius 1 is 1.19 bits per heavy atom. The van der Waals surface area contributed by atoms with Crippen LogP contribution in [0, 0.1) is 0 Å². The van der Waals surface area contributed by atoms with E-state index in [0.717, 1.165) is 18.3 Å². The highest BCUT2D eigenvalue weighted by atomic mass is 79.9. The summed E-state index contributed by atoms with van der Waals surface area (Å²) in [7, 11) is 1.70. The SMILES string of the molecule is COc1cccc(Sc2ccc(CNC3CC3)c(Br)c2)c1. The van der Waals surface area contributed by atoms with Gasteiger partial charge in [-0.2, -0.15) is 0 Å². The topological polar surface area (TPSA) is 21.3 Å². The lowest BCUT2D eigenvalue weighted by Gasteiger charge is -2.09. The summed E-state index contributed by atoms with van der Waals surface area (Å²) < 4.78 is 6.43. The Morgan fingerprint density at radius 3 is 2.71 bits per heavy atom. The predicted molar refractivity (Wildman–Crippen MR) is 91.1 cm³/mol. The zero-order chi connectivity index (χ0) is 14.7. The Bertz CT molecular complexity index is 628. The highest BCUT2D eigenvalue weighted by molar-refractivity contribution is 9.10. The molecule has 3 rings (SSSR count). The van der Waals surface area contributed by atoms with Crippen molar-refractivity contribution < 1.29 is 4.74 Å². The minimum Gasteiger partial charge on any atom is -0.497 e. The van der Waals surface area contributed by atoms with Crippen LogP contribution in [0.2, 0.25) is 0 Å². The van der Waals surface area contributed by atoms with Crippen molar-refractivity contribution in [2.24, 2.45) is 0 Å². The average molecular weight is 364 g/mol. The van der Waals surface area contributed by atoms with Crippen molar-refractivity contribution in [3.8, 4) is 5.75 Å². The summed E-state index contributed by atoms with van der Waals surface area (Å²) in [6.45, 7) is 0.940. The van der Waals surface area contributed by atoms with E-state index in [1.54, 1.807) is 18.9 Å². The number of ether oxygens (including phenoxy) is 1. The van der Waals surface area contributed by atoms with Gasteiger partial charge in [-0.25, -0.2) is 0 Å². The molecule has 0 aromatic heterocycles. The molecule has 0 atom stereocenters. The molecule has 0 radical (unpaired) electrons. The normalized spacial score (nSPS) is 14.2. The zero-order valence-corrected chi connectivity index (χ0v) is 14.3. The molecule has 0 aliphatic heterocycles. The summed E-state index contributed by atoms with van der Waals surface area (Å²) in [4.78, 5) is 2.41. The molecule has 2 aromatic carbocycles. The zero-order valence-electron chi connectivity index (χ0n) is 11.9. The minimum absolute atomic E-state index is 0.739. The largest absolute Gasteiger partial charge is 0.497 e. The first kappa shape index (κ1) is 14.9. The summed E-state index contributed by atoms with van der Waals surface area (Å²) in [5.41, 5.74) is 1.32. The van der Waals surface area contributed by atoms with Gasteiger partial charge in [0.2, 0.25) is 0 Å². The van der Waals surface area contributed by atoms with E-state index in [1.807, 2.05) is 12.1 Å². The number of halogens is 1. The van der Waals surface area contributed by atoms with Crippen LogP contribution in [0.15, 0.2) is 56.7 Å². The first-order chi connectivity index (χ1) is 10.2. The van der Waals surface area contributed by atoms with Gasteiger partial charge in [0.1, 0.15) is 5.75 Å². The lowest BCUT2D eigenvalue weighted by atomic mass is 10.2. The van der Waals surface area contributed by atoms with Gasteiger partial charge < -0.3 is 10.1 Å². The maximum absolute atomic E-state index is 5.26. The van der Waals surface area contributed by atoms with E-state index in [4.69, 9.17) is 4.74 Å². The summed E-state index contributed by atoms with van der Waals surface area (Å²) in [6, 6.07) is 15.4. The van der Waals surface area contributed by atoms with Crippen LogP contribution in [0.25, 0.3) is 0 Å². The molecule has 0 bridgehead atoms. The van der Waals surface area contributed by atoms with E-state index in [2.05, 4.69) is 51.6 Å². The predicted octanol–water partition coefficient (Wildman–Crippen LogP) is 4.86. The number of methoxy groups -OCH3 is 1. The van der Waals surface area contributed by atoms with Gasteiger partial charge in [0.05, 0.1) is 7.11 Å². The molecule has 1 saturated carbocycles. The fourth-order valence-electron chi connectivity index (χ4n) is 2.08. The molecule has 0 amide bonds. The molecule has 0 unspecified atom stereocenters. The molecule has 0 heterocycles. The maximum Gasteiger partial charge on any atom is 0.119 e. The van der Waals surface area contributed by atoms with Gasteiger partial charge in [-0.05, 0) is 48.7 Å². The molecule has 2 nitrogen and oxygen atoms in total. The van der Waals surface area contributed by atoms with E-state index in [0.29, 0.717) is 0 Å². The van der Waals surface area contributed by atoms with Crippen LogP contribution in [0.3, 0.4) is 0 Å². The lowest BCUT2D eigenvalue weighted by Crippen LogP contribution is -2.15. The fraction of sp³-hybridized carbons (Fsp3) is 0.294. The van der Waals surface area contributed by atoms with Crippen LogP contribution in [-0.4, -0.2) is 13.2 Å².